The van der Waals surface area contributed by atoms with Crippen molar-refractivity contribution >= 4 is 131 Å². The number of hydrogen-bond donors (Lipinski definition) is 0. The summed E-state index contributed by atoms with van der Waals surface area (Å²) >= 11 is 0. The van der Waals surface area contributed by atoms with Gasteiger partial charge in [0, 0.05) is 139 Å². The molecular formula is C114H68N10O2. The lowest BCUT2D eigenvalue weighted by Gasteiger charge is -2.12. The van der Waals surface area contributed by atoms with Crippen molar-refractivity contribution in [1.29, 1.82) is 0 Å². The molecule has 8 heterocycles. The van der Waals surface area contributed by atoms with E-state index in [1.54, 1.807) is 0 Å². The quantitative estimate of drug-likeness (QED) is 0.112. The van der Waals surface area contributed by atoms with Crippen LogP contribution in [0, 0.1) is 0 Å². The third-order valence-electron chi connectivity index (χ3n) is 25.2. The number of fused-ring (bicyclic) bond motifs is 18. The lowest BCUT2D eigenvalue weighted by atomic mass is 9.97. The maximum atomic E-state index is 7.22. The standard InChI is InChI=1S/C114H68N10O2/c1-7-26-69(27-8-1)75-48-53-87-85-42-19-21-45-96(85)122(99(87)60-75)82-51-57-90-95-66-102-93(67-106(95)125-105(90)63-82)88-54-50-77(62-100(88)124(102)81-41-24-39-79(59-81)114-119-111(73-34-15-5-16-35-73)116-112(120-114)74-36-17-6-18-37-74)84-44-25-47-98-108(84)91-55-49-76(70-28-9-2-10-29-70)61-101(91)123(98)83-52-56-89-94-65-92-86-43-20-22-46-97(86)121(103(92)68-107(94)126-104(89)64-83)80-40-23-38-78(58-80)113-117-109(71-30-11-3-12-31-71)115-110(118-113)72-32-13-4-14-33-72/h1-68H. The van der Waals surface area contributed by atoms with E-state index in [1.807, 2.05) is 97.1 Å². The summed E-state index contributed by atoms with van der Waals surface area (Å²) in [4.78, 5) is 30.9. The fraction of sp³-hybridized carbons (Fsp3) is 0. The zero-order valence-corrected chi connectivity index (χ0v) is 67.5. The van der Waals surface area contributed by atoms with Crippen molar-refractivity contribution < 1.29 is 8.83 Å². The molecule has 0 aliphatic heterocycles. The first-order valence-electron chi connectivity index (χ1n) is 42.4. The van der Waals surface area contributed by atoms with Crippen molar-refractivity contribution in [2.75, 3.05) is 0 Å². The second kappa shape index (κ2) is 28.2. The second-order valence-corrected chi connectivity index (χ2v) is 32.5. The average molecular weight is 1610 g/mol. The number of aromatic nitrogens is 10. The molecule has 0 aliphatic rings. The summed E-state index contributed by atoms with van der Waals surface area (Å²) in [6.07, 6.45) is 0. The van der Waals surface area contributed by atoms with Crippen LogP contribution >= 0.6 is 0 Å². The molecule has 8 aromatic heterocycles. The van der Waals surface area contributed by atoms with Crippen molar-refractivity contribution in [2.45, 2.75) is 0 Å². The van der Waals surface area contributed by atoms with Crippen LogP contribution < -0.4 is 0 Å². The Morgan fingerprint density at radius 2 is 0.460 bits per heavy atom. The average Bonchev–Trinajstić information content (AvgIpc) is 1.57. The smallest absolute Gasteiger partial charge is 0.164 e. The maximum absolute atomic E-state index is 7.22. The van der Waals surface area contributed by atoms with Gasteiger partial charge in [-0.25, -0.2) is 29.9 Å². The molecular weight excluding hydrogens is 1540 g/mol. The Kier molecular flexibility index (Phi) is 15.8. The predicted octanol–water partition coefficient (Wildman–Crippen LogP) is 29.2. The summed E-state index contributed by atoms with van der Waals surface area (Å²) in [5, 5.41) is 13.1. The minimum Gasteiger partial charge on any atom is -0.456 e. The molecule has 0 saturated carbocycles. The molecule has 0 radical (unpaired) electrons. The minimum absolute atomic E-state index is 0.567. The van der Waals surface area contributed by atoms with Crippen molar-refractivity contribution in [3.63, 3.8) is 0 Å². The minimum atomic E-state index is 0.567. The molecule has 12 heteroatoms. The molecule has 12 nitrogen and oxygen atoms in total. The monoisotopic (exact) mass is 1610 g/mol. The third-order valence-corrected chi connectivity index (χ3v) is 25.2. The number of nitrogens with zero attached hydrogens (tertiary/aromatic N) is 10. The van der Waals surface area contributed by atoms with E-state index in [1.165, 1.54) is 16.3 Å². The van der Waals surface area contributed by atoms with E-state index in [9.17, 15) is 0 Å². The van der Waals surface area contributed by atoms with Gasteiger partial charge in [0.2, 0.25) is 0 Å². The van der Waals surface area contributed by atoms with Gasteiger partial charge in [-0.2, -0.15) is 0 Å². The summed E-state index contributed by atoms with van der Waals surface area (Å²) in [6, 6.07) is 146. The molecule has 0 N–H and O–H groups in total. The van der Waals surface area contributed by atoms with E-state index in [-0.39, 0.29) is 0 Å². The van der Waals surface area contributed by atoms with E-state index in [0.717, 1.165) is 204 Å². The highest BCUT2D eigenvalue weighted by Crippen LogP contribution is 2.48. The summed E-state index contributed by atoms with van der Waals surface area (Å²) < 4.78 is 24.0. The van der Waals surface area contributed by atoms with Gasteiger partial charge < -0.3 is 27.1 Å². The highest BCUT2D eigenvalue weighted by Gasteiger charge is 2.26. The normalized spacial score (nSPS) is 12.0. The van der Waals surface area contributed by atoms with Gasteiger partial charge in [-0.15, -0.1) is 0 Å². The van der Waals surface area contributed by atoms with E-state index in [2.05, 4.69) is 334 Å². The zero-order valence-electron chi connectivity index (χ0n) is 67.5. The van der Waals surface area contributed by atoms with E-state index in [4.69, 9.17) is 38.7 Å². The van der Waals surface area contributed by atoms with Gasteiger partial charge in [-0.1, -0.05) is 291 Å². The van der Waals surface area contributed by atoms with Gasteiger partial charge in [0.15, 0.2) is 34.9 Å². The second-order valence-electron chi connectivity index (χ2n) is 32.5. The van der Waals surface area contributed by atoms with Gasteiger partial charge in [-0.05, 0) is 137 Å². The van der Waals surface area contributed by atoms with Crippen LogP contribution in [0.1, 0.15) is 0 Å². The molecule has 0 bridgehead atoms. The first-order valence-corrected chi connectivity index (χ1v) is 42.4. The van der Waals surface area contributed by atoms with Crippen LogP contribution in [0.4, 0.5) is 0 Å². The summed E-state index contributed by atoms with van der Waals surface area (Å²) in [5.41, 5.74) is 27.7. The van der Waals surface area contributed by atoms with Crippen molar-refractivity contribution in [1.82, 2.24) is 48.2 Å². The summed E-state index contributed by atoms with van der Waals surface area (Å²) in [5.74, 6) is 3.56. The van der Waals surface area contributed by atoms with Gasteiger partial charge >= 0.3 is 0 Å². The molecule has 26 aromatic rings. The maximum Gasteiger partial charge on any atom is 0.164 e. The van der Waals surface area contributed by atoms with Crippen LogP contribution in [-0.4, -0.2) is 48.2 Å². The van der Waals surface area contributed by atoms with E-state index < -0.39 is 0 Å². The molecule has 0 spiro atoms. The molecule has 0 atom stereocenters. The Balaban J connectivity index is 0.637. The van der Waals surface area contributed by atoms with Crippen LogP contribution in [0.15, 0.2) is 421 Å². The first kappa shape index (κ1) is 70.6. The molecule has 0 saturated heterocycles. The largest absolute Gasteiger partial charge is 0.456 e. The Bertz CT molecular complexity index is 8840. The van der Waals surface area contributed by atoms with Crippen LogP contribution in [0.25, 0.3) is 256 Å². The van der Waals surface area contributed by atoms with Gasteiger partial charge in [0.1, 0.15) is 22.3 Å². The number of para-hydroxylation sites is 2. The molecule has 0 fully saturated rings. The number of benzene rings is 18. The zero-order chi connectivity index (χ0) is 82.6. The Morgan fingerprint density at radius 1 is 0.151 bits per heavy atom. The number of rotatable bonds is 13. The van der Waals surface area contributed by atoms with Crippen molar-refractivity contribution in [3.8, 4) is 124 Å². The molecule has 18 aromatic carbocycles. The lowest BCUT2D eigenvalue weighted by Crippen LogP contribution is -2.01. The van der Waals surface area contributed by atoms with Crippen molar-refractivity contribution in [3.05, 3.63) is 413 Å². The number of furan rings is 2. The fourth-order valence-corrected chi connectivity index (χ4v) is 19.4. The van der Waals surface area contributed by atoms with Gasteiger partial charge in [-0.3, -0.25) is 0 Å². The van der Waals surface area contributed by atoms with Gasteiger partial charge in [0.05, 0.1) is 44.1 Å². The first-order chi connectivity index (χ1) is 62.4. The highest BCUT2D eigenvalue weighted by molar-refractivity contribution is 6.22. The van der Waals surface area contributed by atoms with Crippen LogP contribution in [-0.2, 0) is 0 Å². The van der Waals surface area contributed by atoms with Crippen molar-refractivity contribution in [2.24, 2.45) is 0 Å². The molecule has 26 rings (SSSR count). The summed E-state index contributed by atoms with van der Waals surface area (Å²) in [6.45, 7) is 0. The summed E-state index contributed by atoms with van der Waals surface area (Å²) in [7, 11) is 0. The topological polar surface area (TPSA) is 123 Å². The SMILES string of the molecule is c1ccc(-c2ccc3c4ccccc4n(-c4ccc5c(c4)oc4cc6c7ccc(-c8cccc9c8c8ccc(-c%10ccccc%10)cc8n9-c8ccc9c(c8)oc8cc%10c(cc89)c8ccccc8n%10-c8cccc(-c9nc(-c%10ccccc%10)nc(-c%10ccccc%10)n9)c8)cc7n(-c7cccc(-c8nc(-c9ccccc9)nc(-c9ccccc9)n8)c7)c6cc45)c3c2)cc1. The Morgan fingerprint density at radius 3 is 0.960 bits per heavy atom. The van der Waals surface area contributed by atoms with Crippen LogP contribution in [0.3, 0.4) is 0 Å². The predicted molar refractivity (Wildman–Crippen MR) is 514 cm³/mol. The highest BCUT2D eigenvalue weighted by atomic mass is 16.3. The Labute approximate surface area is 720 Å². The van der Waals surface area contributed by atoms with Crippen LogP contribution in [0.2, 0.25) is 0 Å². The molecule has 0 amide bonds. The molecule has 126 heavy (non-hydrogen) atoms. The van der Waals surface area contributed by atoms with Crippen LogP contribution in [0.5, 0.6) is 0 Å². The molecule has 0 unspecified atom stereocenters. The molecule has 0 aliphatic carbocycles. The fourth-order valence-electron chi connectivity index (χ4n) is 19.4. The lowest BCUT2D eigenvalue weighted by molar-refractivity contribution is 0.668. The van der Waals surface area contributed by atoms with Gasteiger partial charge in [0.25, 0.3) is 0 Å². The Hall–Kier alpha value is -17.2. The third kappa shape index (κ3) is 11.4. The van der Waals surface area contributed by atoms with E-state index in [0.29, 0.717) is 34.9 Å². The molecule has 586 valence electrons. The van der Waals surface area contributed by atoms with E-state index >= 15 is 0 Å². The number of hydrogen-bond acceptors (Lipinski definition) is 8.